The molecule has 0 amide bonds. The van der Waals surface area contributed by atoms with Gasteiger partial charge in [-0.3, -0.25) is 0 Å². The Balaban J connectivity index is 1.32. The number of benzene rings is 6. The van der Waals surface area contributed by atoms with Crippen LogP contribution in [0, 0.1) is 11.3 Å². The van der Waals surface area contributed by atoms with Crippen molar-refractivity contribution in [2.45, 2.75) is 0 Å². The highest BCUT2D eigenvalue weighted by atomic mass is 32.1. The van der Waals surface area contributed by atoms with Gasteiger partial charge in [0.15, 0.2) is 0 Å². The van der Waals surface area contributed by atoms with E-state index in [0.29, 0.717) is 5.56 Å². The van der Waals surface area contributed by atoms with E-state index in [2.05, 4.69) is 115 Å². The molecule has 8 aromatic rings. The number of nitriles is 1. The highest BCUT2D eigenvalue weighted by Crippen LogP contribution is 2.41. The third kappa shape index (κ3) is 3.73. The van der Waals surface area contributed by atoms with E-state index < -0.39 is 0 Å². The first-order chi connectivity index (χ1) is 19.7. The van der Waals surface area contributed by atoms with Gasteiger partial charge in [-0.05, 0) is 75.8 Å². The van der Waals surface area contributed by atoms with E-state index in [1.54, 1.807) is 0 Å². The first kappa shape index (κ1) is 23.2. The Hall–Kier alpha value is -4.75. The number of fused-ring (bicyclic) bond motifs is 6. The average Bonchev–Trinajstić information content (AvgIpc) is 3.58. The van der Waals surface area contributed by atoms with Crippen LogP contribution in [0.25, 0.3) is 73.7 Å². The molecular weight excluding hydrogens is 523 g/mol. The summed E-state index contributed by atoms with van der Waals surface area (Å²) >= 11 is 3.68. The highest BCUT2D eigenvalue weighted by Gasteiger charge is 2.14. The summed E-state index contributed by atoms with van der Waals surface area (Å²) in [6.45, 7) is 0. The van der Waals surface area contributed by atoms with E-state index in [9.17, 15) is 5.26 Å². The number of hydrogen-bond acceptors (Lipinski definition) is 3. The second-order valence-corrected chi connectivity index (χ2v) is 12.2. The van der Waals surface area contributed by atoms with Gasteiger partial charge in [-0.2, -0.15) is 5.26 Å². The Kier molecular flexibility index (Phi) is 5.31. The Labute approximate surface area is 239 Å². The molecule has 6 aromatic carbocycles. The summed E-state index contributed by atoms with van der Waals surface area (Å²) in [6.07, 6.45) is 0. The molecule has 1 nitrogen and oxygen atoms in total. The maximum absolute atomic E-state index is 9.63. The number of rotatable bonds is 3. The van der Waals surface area contributed by atoms with Crippen molar-refractivity contribution in [1.82, 2.24) is 0 Å². The average molecular weight is 544 g/mol. The summed E-state index contributed by atoms with van der Waals surface area (Å²) in [4.78, 5) is 0. The normalized spacial score (nSPS) is 11.5. The zero-order valence-electron chi connectivity index (χ0n) is 21.4. The molecule has 0 radical (unpaired) electrons. The summed E-state index contributed by atoms with van der Waals surface area (Å²) in [5.74, 6) is 0. The Morgan fingerprint density at radius 3 is 1.65 bits per heavy atom. The lowest BCUT2D eigenvalue weighted by Crippen LogP contribution is -1.89. The summed E-state index contributed by atoms with van der Waals surface area (Å²) in [5, 5.41) is 14.9. The molecule has 3 heteroatoms. The standard InChI is InChI=1S/C37H21NS2/c38-22-23-6-5-7-26(18-23)33-19-24(25-13-16-31-29-8-1-3-10-34(29)39-36(31)20-25)12-15-28(33)27-14-17-32-30-9-2-4-11-35(30)40-37(32)21-27/h1-21H. The molecule has 0 bridgehead atoms. The molecule has 0 aliphatic rings. The molecule has 0 saturated heterocycles. The second-order valence-electron chi connectivity index (χ2n) is 10.1. The van der Waals surface area contributed by atoms with Gasteiger partial charge in [-0.15, -0.1) is 22.7 Å². The molecule has 40 heavy (non-hydrogen) atoms. The van der Waals surface area contributed by atoms with Crippen LogP contribution < -0.4 is 0 Å². The Morgan fingerprint density at radius 2 is 0.950 bits per heavy atom. The monoisotopic (exact) mass is 543 g/mol. The highest BCUT2D eigenvalue weighted by molar-refractivity contribution is 7.26. The molecule has 0 N–H and O–H groups in total. The van der Waals surface area contributed by atoms with E-state index in [1.165, 1.54) is 62.6 Å². The summed E-state index contributed by atoms with van der Waals surface area (Å²) in [6, 6.07) is 47.9. The van der Waals surface area contributed by atoms with Crippen molar-refractivity contribution < 1.29 is 0 Å². The fraction of sp³-hybridized carbons (Fsp3) is 0. The van der Waals surface area contributed by atoms with Crippen molar-refractivity contribution >= 4 is 63.0 Å². The first-order valence-electron chi connectivity index (χ1n) is 13.2. The van der Waals surface area contributed by atoms with Crippen LogP contribution in [0.5, 0.6) is 0 Å². The van der Waals surface area contributed by atoms with E-state index >= 15 is 0 Å². The van der Waals surface area contributed by atoms with Gasteiger partial charge in [0.25, 0.3) is 0 Å². The molecule has 2 heterocycles. The van der Waals surface area contributed by atoms with Crippen LogP contribution in [0.3, 0.4) is 0 Å². The van der Waals surface area contributed by atoms with Gasteiger partial charge < -0.3 is 0 Å². The second kappa shape index (κ2) is 9.17. The fourth-order valence-electron chi connectivity index (χ4n) is 5.77. The third-order valence-electron chi connectivity index (χ3n) is 7.72. The number of hydrogen-bond donors (Lipinski definition) is 0. The maximum Gasteiger partial charge on any atom is 0.0991 e. The molecule has 186 valence electrons. The van der Waals surface area contributed by atoms with Gasteiger partial charge in [0, 0.05) is 40.3 Å². The summed E-state index contributed by atoms with van der Waals surface area (Å²) in [5.41, 5.74) is 7.57. The zero-order valence-corrected chi connectivity index (χ0v) is 23.0. The van der Waals surface area contributed by atoms with E-state index in [-0.39, 0.29) is 0 Å². The summed E-state index contributed by atoms with van der Waals surface area (Å²) < 4.78 is 5.21. The minimum atomic E-state index is 0.667. The molecule has 0 spiro atoms. The van der Waals surface area contributed by atoms with Crippen molar-refractivity contribution in [3.05, 3.63) is 133 Å². The molecule has 0 atom stereocenters. The zero-order chi connectivity index (χ0) is 26.6. The van der Waals surface area contributed by atoms with Crippen LogP contribution in [0.2, 0.25) is 0 Å². The van der Waals surface area contributed by atoms with E-state index in [1.807, 2.05) is 40.9 Å². The van der Waals surface area contributed by atoms with Crippen LogP contribution in [0.15, 0.2) is 127 Å². The van der Waals surface area contributed by atoms with E-state index in [4.69, 9.17) is 0 Å². The molecule has 0 saturated carbocycles. The van der Waals surface area contributed by atoms with Crippen molar-refractivity contribution in [3.8, 4) is 39.4 Å². The fourth-order valence-corrected chi connectivity index (χ4v) is 8.06. The van der Waals surface area contributed by atoms with Gasteiger partial charge in [-0.1, -0.05) is 84.9 Å². The third-order valence-corrected chi connectivity index (χ3v) is 9.99. The topological polar surface area (TPSA) is 23.8 Å². The van der Waals surface area contributed by atoms with E-state index in [0.717, 1.165) is 11.1 Å². The van der Waals surface area contributed by atoms with Crippen LogP contribution in [-0.4, -0.2) is 0 Å². The molecule has 0 aliphatic carbocycles. The lowest BCUT2D eigenvalue weighted by molar-refractivity contribution is 1.48. The lowest BCUT2D eigenvalue weighted by Gasteiger charge is -2.14. The van der Waals surface area contributed by atoms with Crippen molar-refractivity contribution in [2.75, 3.05) is 0 Å². The molecular formula is C37H21NS2. The van der Waals surface area contributed by atoms with Crippen LogP contribution in [0.1, 0.15) is 5.56 Å². The van der Waals surface area contributed by atoms with Gasteiger partial charge >= 0.3 is 0 Å². The van der Waals surface area contributed by atoms with Crippen molar-refractivity contribution in [3.63, 3.8) is 0 Å². The predicted molar refractivity (Wildman–Crippen MR) is 173 cm³/mol. The smallest absolute Gasteiger partial charge is 0.0991 e. The molecule has 8 rings (SSSR count). The lowest BCUT2D eigenvalue weighted by atomic mass is 9.90. The first-order valence-corrected chi connectivity index (χ1v) is 14.9. The predicted octanol–water partition coefficient (Wildman–Crippen LogP) is 11.3. The minimum Gasteiger partial charge on any atom is -0.192 e. The molecule has 0 unspecified atom stereocenters. The SMILES string of the molecule is N#Cc1cccc(-c2cc(-c3ccc4c(c3)sc3ccccc34)ccc2-c2ccc3c(c2)sc2ccccc23)c1. The van der Waals surface area contributed by atoms with Gasteiger partial charge in [0.2, 0.25) is 0 Å². The van der Waals surface area contributed by atoms with Crippen LogP contribution >= 0.6 is 22.7 Å². The quantitative estimate of drug-likeness (QED) is 0.217. The number of thiophene rings is 2. The largest absolute Gasteiger partial charge is 0.192 e. The molecule has 0 fully saturated rings. The van der Waals surface area contributed by atoms with Gasteiger partial charge in [-0.25, -0.2) is 0 Å². The summed E-state index contributed by atoms with van der Waals surface area (Å²) in [7, 11) is 0. The van der Waals surface area contributed by atoms with Gasteiger partial charge in [0.1, 0.15) is 0 Å². The van der Waals surface area contributed by atoms with Crippen LogP contribution in [0.4, 0.5) is 0 Å². The number of nitrogens with zero attached hydrogens (tertiary/aromatic N) is 1. The van der Waals surface area contributed by atoms with Crippen molar-refractivity contribution in [1.29, 1.82) is 5.26 Å². The Bertz CT molecular complexity index is 2290. The van der Waals surface area contributed by atoms with Gasteiger partial charge in [0.05, 0.1) is 11.6 Å². The molecule has 2 aromatic heterocycles. The maximum atomic E-state index is 9.63. The Morgan fingerprint density at radius 1 is 0.400 bits per heavy atom. The van der Waals surface area contributed by atoms with Crippen molar-refractivity contribution in [2.24, 2.45) is 0 Å². The minimum absolute atomic E-state index is 0.667. The molecule has 0 aliphatic heterocycles. The van der Waals surface area contributed by atoms with Crippen LogP contribution in [-0.2, 0) is 0 Å².